The van der Waals surface area contributed by atoms with Crippen molar-refractivity contribution < 1.29 is 8.85 Å². The Labute approximate surface area is 72.8 Å². The van der Waals surface area contributed by atoms with E-state index in [-0.39, 0.29) is 14.9 Å². The Morgan fingerprint density at radius 2 is 2.00 bits per heavy atom. The predicted molar refractivity (Wildman–Crippen MR) is 52.2 cm³/mol. The quantitative estimate of drug-likeness (QED) is 0.530. The second-order valence-corrected chi connectivity index (χ2v) is 4.27. The molecule has 70 valence electrons. The zero-order chi connectivity index (χ0) is 6.69. The highest BCUT2D eigenvalue weighted by Gasteiger charge is 2.14. The van der Waals surface area contributed by atoms with Crippen molar-refractivity contribution in [2.45, 2.75) is 47.3 Å². The van der Waals surface area contributed by atoms with E-state index in [1.807, 2.05) is 0 Å². The van der Waals surface area contributed by atoms with Gasteiger partial charge in [-0.1, -0.05) is 14.9 Å². The summed E-state index contributed by atoms with van der Waals surface area (Å²) in [6.07, 6.45) is 2.77. The summed E-state index contributed by atoms with van der Waals surface area (Å²) in [4.78, 5) is 0. The topological polar surface area (TPSA) is 18.5 Å². The van der Waals surface area contributed by atoms with Gasteiger partial charge in [-0.2, -0.15) is 0 Å². The highest BCUT2D eigenvalue weighted by atomic mass is 28.3. The summed E-state index contributed by atoms with van der Waals surface area (Å²) in [5.74, 6) is 0. The molecule has 0 aromatic carbocycles. The van der Waals surface area contributed by atoms with Crippen LogP contribution in [0.3, 0.4) is 0 Å². The molecular weight excluding hydrogens is 156 g/mol. The highest BCUT2D eigenvalue weighted by Crippen LogP contribution is 2.08. The first-order valence-corrected chi connectivity index (χ1v) is 5.66. The van der Waals surface area contributed by atoms with Crippen LogP contribution in [0, 0.1) is 0 Å². The maximum Gasteiger partial charge on any atom is 0.318 e. The molecule has 0 saturated carbocycles. The van der Waals surface area contributed by atoms with Gasteiger partial charge in [0.25, 0.3) is 0 Å². The molecule has 1 saturated heterocycles. The van der Waals surface area contributed by atoms with Gasteiger partial charge in [-0.05, 0) is 26.3 Å². The van der Waals surface area contributed by atoms with Crippen LogP contribution in [-0.2, 0) is 8.85 Å². The summed E-state index contributed by atoms with van der Waals surface area (Å²) in [5, 5.41) is 0. The van der Waals surface area contributed by atoms with Crippen LogP contribution in [0.25, 0.3) is 0 Å². The molecule has 2 nitrogen and oxygen atoms in total. The molecule has 2 atom stereocenters. The maximum atomic E-state index is 5.53. The van der Waals surface area contributed by atoms with Crippen LogP contribution in [0.1, 0.15) is 34.6 Å². The minimum absolute atomic E-state index is 0. The zero-order valence-electron chi connectivity index (χ0n) is 6.09. The molecule has 1 aliphatic rings. The highest BCUT2D eigenvalue weighted by molar-refractivity contribution is 6.42. The van der Waals surface area contributed by atoms with Crippen molar-refractivity contribution in [3.8, 4) is 0 Å². The summed E-state index contributed by atoms with van der Waals surface area (Å²) in [6.45, 7) is 5.12. The van der Waals surface area contributed by atoms with E-state index in [0.717, 1.165) is 13.0 Å². The number of rotatable bonds is 0. The van der Waals surface area contributed by atoms with Crippen LogP contribution in [0.15, 0.2) is 0 Å². The van der Waals surface area contributed by atoms with Crippen molar-refractivity contribution in [3.05, 3.63) is 0 Å². The second-order valence-electron chi connectivity index (χ2n) is 2.53. The summed E-state index contributed by atoms with van der Waals surface area (Å²) >= 11 is 0. The van der Waals surface area contributed by atoms with Crippen LogP contribution >= 0.6 is 0 Å². The van der Waals surface area contributed by atoms with Gasteiger partial charge in [-0.15, -0.1) is 0 Å². The van der Waals surface area contributed by atoms with Gasteiger partial charge in [-0.3, -0.25) is 0 Å². The molecule has 0 aliphatic carbocycles. The van der Waals surface area contributed by atoms with Crippen molar-refractivity contribution in [3.63, 3.8) is 0 Å². The lowest BCUT2D eigenvalue weighted by molar-refractivity contribution is 0.183. The van der Waals surface area contributed by atoms with Crippen molar-refractivity contribution >= 4 is 9.28 Å². The molecule has 0 spiro atoms. The molecule has 2 unspecified atom stereocenters. The van der Waals surface area contributed by atoms with Crippen molar-refractivity contribution in [1.29, 1.82) is 0 Å². The smallest absolute Gasteiger partial charge is 0.318 e. The summed E-state index contributed by atoms with van der Waals surface area (Å²) in [6, 6.07) is 0. The van der Waals surface area contributed by atoms with Crippen LogP contribution in [-0.4, -0.2) is 22.0 Å². The van der Waals surface area contributed by atoms with Gasteiger partial charge in [0.05, 0.1) is 0 Å². The fourth-order valence-corrected chi connectivity index (χ4v) is 2.42. The Bertz CT molecular complexity index is 78.2. The molecule has 0 bridgehead atoms. The lowest BCUT2D eigenvalue weighted by atomic mass is 10.2. The van der Waals surface area contributed by atoms with E-state index in [0.29, 0.717) is 6.10 Å². The van der Waals surface area contributed by atoms with Crippen LogP contribution in [0.5, 0.6) is 0 Å². The Morgan fingerprint density at radius 1 is 1.36 bits per heavy atom. The van der Waals surface area contributed by atoms with Gasteiger partial charge in [0.15, 0.2) is 0 Å². The Kier molecular flexibility index (Phi) is 8.50. The average Bonchev–Trinajstić information content (AvgIpc) is 1.93. The number of hydrogen-bond donors (Lipinski definition) is 0. The Morgan fingerprint density at radius 3 is 2.64 bits per heavy atom. The molecule has 1 heterocycles. The van der Waals surface area contributed by atoms with E-state index in [1.54, 1.807) is 0 Å². The minimum Gasteiger partial charge on any atom is -0.397 e. The minimum atomic E-state index is -1.20. The van der Waals surface area contributed by atoms with Gasteiger partial charge >= 0.3 is 9.28 Å². The Hall–Kier alpha value is 0.137. The molecule has 11 heavy (non-hydrogen) atoms. The van der Waals surface area contributed by atoms with E-state index >= 15 is 0 Å². The van der Waals surface area contributed by atoms with Crippen LogP contribution in [0.4, 0.5) is 0 Å². The van der Waals surface area contributed by atoms with E-state index in [2.05, 4.69) is 13.5 Å². The lowest BCUT2D eigenvalue weighted by Gasteiger charge is -2.11. The van der Waals surface area contributed by atoms with Gasteiger partial charge in [-0.25, -0.2) is 0 Å². The molecule has 1 aliphatic heterocycles. The summed E-state index contributed by atoms with van der Waals surface area (Å²) in [7, 11) is -1.20. The average molecular weight is 178 g/mol. The molecule has 3 heteroatoms. The number of hydrogen-bond acceptors (Lipinski definition) is 2. The third-order valence-corrected chi connectivity index (χ3v) is 3.08. The lowest BCUT2D eigenvalue weighted by Crippen LogP contribution is -2.20. The van der Waals surface area contributed by atoms with Gasteiger partial charge in [0.2, 0.25) is 0 Å². The molecule has 0 aromatic heterocycles. The summed E-state index contributed by atoms with van der Waals surface area (Å²) in [5.41, 5.74) is 0. The first-order valence-electron chi connectivity index (χ1n) is 3.56. The largest absolute Gasteiger partial charge is 0.397 e. The van der Waals surface area contributed by atoms with Gasteiger partial charge in [0, 0.05) is 12.7 Å². The maximum absolute atomic E-state index is 5.53. The standard InChI is InChI=1S/C6H14O2Si.2CH4/c1-6-4-3-5-7-9(2)8-6;;/h6,9H,3-5H2,1-2H3;2*1H4. The van der Waals surface area contributed by atoms with Crippen LogP contribution < -0.4 is 0 Å². The molecule has 0 amide bonds. The molecular formula is C8H22O2Si. The van der Waals surface area contributed by atoms with Gasteiger partial charge < -0.3 is 8.85 Å². The fraction of sp³-hybridized carbons (Fsp3) is 1.00. The van der Waals surface area contributed by atoms with Crippen molar-refractivity contribution in [2.24, 2.45) is 0 Å². The molecule has 1 fully saturated rings. The summed E-state index contributed by atoms with van der Waals surface area (Å²) < 4.78 is 10.9. The molecule has 0 aromatic rings. The van der Waals surface area contributed by atoms with Crippen molar-refractivity contribution in [1.82, 2.24) is 0 Å². The monoisotopic (exact) mass is 178 g/mol. The van der Waals surface area contributed by atoms with Crippen molar-refractivity contribution in [2.75, 3.05) is 6.61 Å². The van der Waals surface area contributed by atoms with E-state index in [1.165, 1.54) is 6.42 Å². The molecule has 0 N–H and O–H groups in total. The van der Waals surface area contributed by atoms with E-state index < -0.39 is 9.28 Å². The van der Waals surface area contributed by atoms with E-state index in [4.69, 9.17) is 8.85 Å². The molecule has 1 rings (SSSR count). The fourth-order valence-electron chi connectivity index (χ4n) is 1.05. The molecule has 0 radical (unpaired) electrons. The van der Waals surface area contributed by atoms with Crippen LogP contribution in [0.2, 0.25) is 6.55 Å². The normalized spacial score (nSPS) is 31.1. The third kappa shape index (κ3) is 5.41. The first kappa shape index (κ1) is 13.7. The SMILES string of the molecule is C.C.CC1CCCO[SiH](C)O1. The first-order chi connectivity index (χ1) is 4.29. The third-order valence-electron chi connectivity index (χ3n) is 1.53. The predicted octanol–water partition coefficient (Wildman–Crippen LogP) is 2.32. The van der Waals surface area contributed by atoms with E-state index in [9.17, 15) is 0 Å². The van der Waals surface area contributed by atoms with Gasteiger partial charge in [0.1, 0.15) is 0 Å². The zero-order valence-corrected chi connectivity index (χ0v) is 7.25. The Balaban J connectivity index is 0. The second kappa shape index (κ2) is 6.82.